The first-order valence-electron chi connectivity index (χ1n) is 7.83. The lowest BCUT2D eigenvalue weighted by molar-refractivity contribution is 0.102. The third kappa shape index (κ3) is 3.17. The second-order valence-corrected chi connectivity index (χ2v) is 6.40. The van der Waals surface area contributed by atoms with E-state index in [9.17, 15) is 4.79 Å². The highest BCUT2D eigenvalue weighted by molar-refractivity contribution is 6.44. The van der Waals surface area contributed by atoms with Gasteiger partial charge in [0.05, 0.1) is 15.6 Å². The smallest absolute Gasteiger partial charge is 0.257 e. The summed E-state index contributed by atoms with van der Waals surface area (Å²) in [7, 11) is 0. The zero-order valence-corrected chi connectivity index (χ0v) is 14.9. The molecular weight excluding hydrogens is 371 g/mol. The Labute approximate surface area is 159 Å². The average Bonchev–Trinajstić information content (AvgIpc) is 3.08. The third-order valence-electron chi connectivity index (χ3n) is 3.88. The summed E-state index contributed by atoms with van der Waals surface area (Å²) in [5.74, 6) is 0.203. The Morgan fingerprint density at radius 3 is 2.46 bits per heavy atom. The van der Waals surface area contributed by atoms with E-state index in [1.165, 1.54) is 0 Å². The van der Waals surface area contributed by atoms with Gasteiger partial charge in [-0.3, -0.25) is 4.79 Å². The lowest BCUT2D eigenvalue weighted by Gasteiger charge is -2.08. The summed E-state index contributed by atoms with van der Waals surface area (Å²) in [6, 6.07) is 19.7. The summed E-state index contributed by atoms with van der Waals surface area (Å²) in [6.07, 6.45) is 0. The molecule has 0 aliphatic heterocycles. The van der Waals surface area contributed by atoms with E-state index in [-0.39, 0.29) is 10.9 Å². The van der Waals surface area contributed by atoms with Gasteiger partial charge in [0.2, 0.25) is 5.89 Å². The van der Waals surface area contributed by atoms with Gasteiger partial charge in [0.15, 0.2) is 5.58 Å². The Balaban J connectivity index is 1.56. The molecule has 0 saturated carbocycles. The standard InChI is InChI=1S/C20H12Cl2N2O2/c21-15-5-3-4-14(18(15)22)19(25)23-13-10-8-12(9-11-13)20-24-16-6-1-2-7-17(16)26-20/h1-11H,(H,23,25). The predicted octanol–water partition coefficient (Wildman–Crippen LogP) is 6.05. The third-order valence-corrected chi connectivity index (χ3v) is 4.70. The molecule has 0 aliphatic carbocycles. The molecule has 4 aromatic rings. The van der Waals surface area contributed by atoms with Crippen LogP contribution in [0, 0.1) is 0 Å². The zero-order valence-electron chi connectivity index (χ0n) is 13.4. The van der Waals surface area contributed by atoms with E-state index < -0.39 is 0 Å². The van der Waals surface area contributed by atoms with Crippen molar-refractivity contribution >= 4 is 45.9 Å². The van der Waals surface area contributed by atoms with Gasteiger partial charge in [0.1, 0.15) is 5.52 Å². The van der Waals surface area contributed by atoms with Crippen molar-refractivity contribution in [3.63, 3.8) is 0 Å². The first kappa shape index (κ1) is 16.6. The molecule has 1 heterocycles. The van der Waals surface area contributed by atoms with Gasteiger partial charge in [-0.05, 0) is 48.5 Å². The molecule has 26 heavy (non-hydrogen) atoms. The van der Waals surface area contributed by atoms with Gasteiger partial charge in [-0.25, -0.2) is 4.98 Å². The summed E-state index contributed by atoms with van der Waals surface area (Å²) >= 11 is 12.0. The van der Waals surface area contributed by atoms with Crippen molar-refractivity contribution in [2.24, 2.45) is 0 Å². The number of amides is 1. The van der Waals surface area contributed by atoms with Crippen molar-refractivity contribution in [1.29, 1.82) is 0 Å². The van der Waals surface area contributed by atoms with E-state index in [1.807, 2.05) is 36.4 Å². The molecule has 4 rings (SSSR count). The number of aromatic nitrogens is 1. The molecule has 0 fully saturated rings. The van der Waals surface area contributed by atoms with Crippen LogP contribution in [-0.2, 0) is 0 Å². The van der Waals surface area contributed by atoms with E-state index in [0.717, 1.165) is 16.7 Å². The number of anilines is 1. The number of oxazole rings is 1. The van der Waals surface area contributed by atoms with Crippen molar-refractivity contribution in [1.82, 2.24) is 4.98 Å². The maximum atomic E-state index is 12.4. The van der Waals surface area contributed by atoms with Crippen LogP contribution in [0.3, 0.4) is 0 Å². The van der Waals surface area contributed by atoms with Crippen molar-refractivity contribution < 1.29 is 9.21 Å². The maximum absolute atomic E-state index is 12.4. The van der Waals surface area contributed by atoms with Crippen LogP contribution in [-0.4, -0.2) is 10.9 Å². The van der Waals surface area contributed by atoms with Gasteiger partial charge < -0.3 is 9.73 Å². The summed E-state index contributed by atoms with van der Waals surface area (Å²) in [5.41, 5.74) is 3.30. The maximum Gasteiger partial charge on any atom is 0.257 e. The first-order valence-corrected chi connectivity index (χ1v) is 8.59. The molecule has 3 aromatic carbocycles. The molecule has 4 nitrogen and oxygen atoms in total. The number of hydrogen-bond acceptors (Lipinski definition) is 3. The number of rotatable bonds is 3. The number of nitrogens with zero attached hydrogens (tertiary/aromatic N) is 1. The van der Waals surface area contributed by atoms with E-state index >= 15 is 0 Å². The average molecular weight is 383 g/mol. The number of carbonyl (C=O) groups is 1. The van der Waals surface area contributed by atoms with Crippen LogP contribution in [0.25, 0.3) is 22.6 Å². The van der Waals surface area contributed by atoms with E-state index in [1.54, 1.807) is 30.3 Å². The van der Waals surface area contributed by atoms with Crippen LogP contribution in [0.5, 0.6) is 0 Å². The topological polar surface area (TPSA) is 55.1 Å². The number of halogens is 2. The molecule has 0 radical (unpaired) electrons. The molecule has 6 heteroatoms. The van der Waals surface area contributed by atoms with Crippen LogP contribution in [0.4, 0.5) is 5.69 Å². The predicted molar refractivity (Wildman–Crippen MR) is 104 cm³/mol. The highest BCUT2D eigenvalue weighted by Crippen LogP contribution is 2.27. The molecular formula is C20H12Cl2N2O2. The summed E-state index contributed by atoms with van der Waals surface area (Å²) < 4.78 is 5.74. The lowest BCUT2D eigenvalue weighted by Crippen LogP contribution is -2.12. The number of para-hydroxylation sites is 2. The van der Waals surface area contributed by atoms with Crippen molar-refractivity contribution in [3.05, 3.63) is 82.3 Å². The quantitative estimate of drug-likeness (QED) is 0.468. The summed E-state index contributed by atoms with van der Waals surface area (Å²) in [4.78, 5) is 16.8. The number of benzene rings is 3. The molecule has 0 unspecified atom stereocenters. The molecule has 1 N–H and O–H groups in total. The van der Waals surface area contributed by atoms with Gasteiger partial charge in [-0.2, -0.15) is 0 Å². The van der Waals surface area contributed by atoms with Crippen LogP contribution in [0.15, 0.2) is 71.1 Å². The first-order chi connectivity index (χ1) is 12.6. The fraction of sp³-hybridized carbons (Fsp3) is 0. The second-order valence-electron chi connectivity index (χ2n) is 5.62. The van der Waals surface area contributed by atoms with Crippen LogP contribution < -0.4 is 5.32 Å². The molecule has 0 atom stereocenters. The zero-order chi connectivity index (χ0) is 18.1. The molecule has 0 saturated heterocycles. The van der Waals surface area contributed by atoms with Crippen molar-refractivity contribution in [2.45, 2.75) is 0 Å². The van der Waals surface area contributed by atoms with Crippen molar-refractivity contribution in [3.8, 4) is 11.5 Å². The minimum absolute atomic E-state index is 0.231. The van der Waals surface area contributed by atoms with Gasteiger partial charge >= 0.3 is 0 Å². The van der Waals surface area contributed by atoms with E-state index in [0.29, 0.717) is 22.2 Å². The molecule has 0 bridgehead atoms. The molecule has 0 spiro atoms. The number of fused-ring (bicyclic) bond motifs is 1. The summed E-state index contributed by atoms with van der Waals surface area (Å²) in [5, 5.41) is 3.37. The van der Waals surface area contributed by atoms with Gasteiger partial charge in [-0.15, -0.1) is 0 Å². The second kappa shape index (κ2) is 6.83. The monoisotopic (exact) mass is 382 g/mol. The number of nitrogens with one attached hydrogen (secondary N) is 1. The molecule has 128 valence electrons. The van der Waals surface area contributed by atoms with E-state index in [2.05, 4.69) is 10.3 Å². The fourth-order valence-corrected chi connectivity index (χ4v) is 2.96. The van der Waals surface area contributed by atoms with Crippen LogP contribution in [0.1, 0.15) is 10.4 Å². The summed E-state index contributed by atoms with van der Waals surface area (Å²) in [6.45, 7) is 0. The minimum atomic E-state index is -0.327. The SMILES string of the molecule is O=C(Nc1ccc(-c2nc3ccccc3o2)cc1)c1cccc(Cl)c1Cl. The Morgan fingerprint density at radius 1 is 0.923 bits per heavy atom. The highest BCUT2D eigenvalue weighted by atomic mass is 35.5. The normalized spacial score (nSPS) is 10.8. The largest absolute Gasteiger partial charge is 0.436 e. The van der Waals surface area contributed by atoms with Crippen LogP contribution >= 0.6 is 23.2 Å². The molecule has 1 aromatic heterocycles. The highest BCUT2D eigenvalue weighted by Gasteiger charge is 2.13. The van der Waals surface area contributed by atoms with Crippen LogP contribution in [0.2, 0.25) is 10.0 Å². The Bertz CT molecular complexity index is 1070. The van der Waals surface area contributed by atoms with Gasteiger partial charge in [0.25, 0.3) is 5.91 Å². The van der Waals surface area contributed by atoms with Crippen molar-refractivity contribution in [2.75, 3.05) is 5.32 Å². The number of carbonyl (C=O) groups excluding carboxylic acids is 1. The van der Waals surface area contributed by atoms with E-state index in [4.69, 9.17) is 27.6 Å². The lowest BCUT2D eigenvalue weighted by atomic mass is 10.2. The molecule has 1 amide bonds. The van der Waals surface area contributed by atoms with Gasteiger partial charge in [-0.1, -0.05) is 41.4 Å². The Hall–Kier alpha value is -2.82. The Kier molecular flexibility index (Phi) is 4.37. The van der Waals surface area contributed by atoms with Gasteiger partial charge in [0, 0.05) is 11.3 Å². The molecule has 0 aliphatic rings. The Morgan fingerprint density at radius 2 is 1.69 bits per heavy atom. The minimum Gasteiger partial charge on any atom is -0.436 e. The fourth-order valence-electron chi connectivity index (χ4n) is 2.57. The number of hydrogen-bond donors (Lipinski definition) is 1.